The first-order valence-electron chi connectivity index (χ1n) is 9.96. The van der Waals surface area contributed by atoms with E-state index in [2.05, 4.69) is 70.0 Å². The van der Waals surface area contributed by atoms with Crippen molar-refractivity contribution in [2.75, 3.05) is 20.1 Å². The molecule has 0 saturated carbocycles. The molecular formula is C23H28N4O. The Labute approximate surface area is 166 Å². The summed E-state index contributed by atoms with van der Waals surface area (Å²) < 4.78 is 8.33. The molecule has 0 spiro atoms. The van der Waals surface area contributed by atoms with E-state index >= 15 is 0 Å². The Morgan fingerprint density at radius 1 is 1.00 bits per heavy atom. The zero-order valence-electron chi connectivity index (χ0n) is 16.4. The standard InChI is InChI=1S/C23H28N4O/c1-26-13-10-22(11-14-26)28-21-8-6-20(7-9-21)23-25-12-15-27(23)17-19-4-2-18(16-24)3-5-19/h2-9,12,15,22H,10-11,13-14,16-17,24H2,1H3. The molecule has 0 aliphatic carbocycles. The summed E-state index contributed by atoms with van der Waals surface area (Å²) >= 11 is 0. The van der Waals surface area contributed by atoms with Gasteiger partial charge in [0, 0.05) is 44.1 Å². The summed E-state index contributed by atoms with van der Waals surface area (Å²) in [7, 11) is 2.17. The van der Waals surface area contributed by atoms with E-state index in [0.717, 1.165) is 55.2 Å². The Morgan fingerprint density at radius 2 is 1.68 bits per heavy atom. The molecule has 0 atom stereocenters. The van der Waals surface area contributed by atoms with Crippen LogP contribution < -0.4 is 10.5 Å². The van der Waals surface area contributed by atoms with E-state index in [-0.39, 0.29) is 0 Å². The quantitative estimate of drug-likeness (QED) is 0.715. The Balaban J connectivity index is 1.44. The number of imidazole rings is 1. The van der Waals surface area contributed by atoms with Gasteiger partial charge in [-0.25, -0.2) is 4.98 Å². The minimum absolute atomic E-state index is 0.320. The van der Waals surface area contributed by atoms with E-state index in [9.17, 15) is 0 Å². The Bertz CT molecular complexity index is 878. The Kier molecular flexibility index (Phi) is 5.74. The largest absolute Gasteiger partial charge is 0.490 e. The van der Waals surface area contributed by atoms with E-state index in [0.29, 0.717) is 12.6 Å². The Morgan fingerprint density at radius 3 is 2.36 bits per heavy atom. The van der Waals surface area contributed by atoms with Crippen molar-refractivity contribution in [3.8, 4) is 17.1 Å². The summed E-state index contributed by atoms with van der Waals surface area (Å²) in [4.78, 5) is 6.92. The first kappa shape index (κ1) is 18.7. The van der Waals surface area contributed by atoms with Crippen LogP contribution in [-0.4, -0.2) is 40.7 Å². The number of piperidine rings is 1. The highest BCUT2D eigenvalue weighted by Gasteiger charge is 2.18. The van der Waals surface area contributed by atoms with Crippen LogP contribution in [-0.2, 0) is 13.1 Å². The lowest BCUT2D eigenvalue weighted by Gasteiger charge is -2.29. The van der Waals surface area contributed by atoms with Gasteiger partial charge >= 0.3 is 0 Å². The van der Waals surface area contributed by atoms with Crippen LogP contribution in [0.5, 0.6) is 5.75 Å². The van der Waals surface area contributed by atoms with Gasteiger partial charge in [0.15, 0.2) is 0 Å². The number of nitrogens with two attached hydrogens (primary N) is 1. The fourth-order valence-electron chi connectivity index (χ4n) is 3.65. The molecule has 5 heteroatoms. The number of likely N-dealkylation sites (tertiary alicyclic amines) is 1. The second kappa shape index (κ2) is 8.59. The third kappa shape index (κ3) is 4.43. The number of rotatable bonds is 6. The molecule has 2 heterocycles. The van der Waals surface area contributed by atoms with Crippen molar-refractivity contribution in [3.05, 3.63) is 72.1 Å². The van der Waals surface area contributed by atoms with Crippen molar-refractivity contribution in [1.29, 1.82) is 0 Å². The van der Waals surface area contributed by atoms with Gasteiger partial charge in [-0.2, -0.15) is 0 Å². The molecule has 1 fully saturated rings. The summed E-state index contributed by atoms with van der Waals surface area (Å²) in [6.45, 7) is 3.56. The van der Waals surface area contributed by atoms with E-state index < -0.39 is 0 Å². The van der Waals surface area contributed by atoms with Gasteiger partial charge in [-0.05, 0) is 55.3 Å². The summed E-state index contributed by atoms with van der Waals surface area (Å²) in [5.74, 6) is 1.91. The highest BCUT2D eigenvalue weighted by atomic mass is 16.5. The summed E-state index contributed by atoms with van der Waals surface area (Å²) in [5.41, 5.74) is 9.17. The molecule has 1 aliphatic heterocycles. The molecule has 1 saturated heterocycles. The fourth-order valence-corrected chi connectivity index (χ4v) is 3.65. The van der Waals surface area contributed by atoms with Gasteiger partial charge in [-0.15, -0.1) is 0 Å². The third-order valence-corrected chi connectivity index (χ3v) is 5.41. The second-order valence-electron chi connectivity index (χ2n) is 7.54. The van der Waals surface area contributed by atoms with Gasteiger partial charge in [0.25, 0.3) is 0 Å². The van der Waals surface area contributed by atoms with Crippen LogP contribution in [0.25, 0.3) is 11.4 Å². The zero-order valence-corrected chi connectivity index (χ0v) is 16.4. The van der Waals surface area contributed by atoms with Crippen molar-refractivity contribution in [2.45, 2.75) is 32.0 Å². The molecule has 28 heavy (non-hydrogen) atoms. The van der Waals surface area contributed by atoms with Crippen molar-refractivity contribution in [3.63, 3.8) is 0 Å². The van der Waals surface area contributed by atoms with Crippen LogP contribution in [0.15, 0.2) is 60.9 Å². The van der Waals surface area contributed by atoms with Crippen LogP contribution in [0, 0.1) is 0 Å². The normalized spacial score (nSPS) is 15.6. The van der Waals surface area contributed by atoms with Gasteiger partial charge in [0.05, 0.1) is 0 Å². The maximum Gasteiger partial charge on any atom is 0.140 e. The minimum atomic E-state index is 0.320. The highest BCUT2D eigenvalue weighted by molar-refractivity contribution is 5.57. The smallest absolute Gasteiger partial charge is 0.140 e. The minimum Gasteiger partial charge on any atom is -0.490 e. The van der Waals surface area contributed by atoms with Crippen LogP contribution in [0.3, 0.4) is 0 Å². The number of nitrogens with zero attached hydrogens (tertiary/aromatic N) is 3. The molecular weight excluding hydrogens is 348 g/mol. The van der Waals surface area contributed by atoms with Gasteiger partial charge in [-0.1, -0.05) is 24.3 Å². The molecule has 146 valence electrons. The molecule has 0 amide bonds. The number of benzene rings is 2. The molecule has 0 radical (unpaired) electrons. The number of aromatic nitrogens is 2. The fraction of sp³-hybridized carbons (Fsp3) is 0.348. The van der Waals surface area contributed by atoms with Crippen molar-refractivity contribution < 1.29 is 4.74 Å². The number of hydrogen-bond donors (Lipinski definition) is 1. The molecule has 1 aliphatic rings. The number of hydrogen-bond acceptors (Lipinski definition) is 4. The maximum atomic E-state index is 6.16. The number of ether oxygens (including phenoxy) is 1. The lowest BCUT2D eigenvalue weighted by atomic mass is 10.1. The SMILES string of the molecule is CN1CCC(Oc2ccc(-c3nccn3Cc3ccc(CN)cc3)cc2)CC1. The predicted molar refractivity (Wildman–Crippen MR) is 112 cm³/mol. The molecule has 0 bridgehead atoms. The van der Waals surface area contributed by atoms with Gasteiger partial charge < -0.3 is 19.9 Å². The maximum absolute atomic E-state index is 6.16. The molecule has 1 aromatic heterocycles. The van der Waals surface area contributed by atoms with Crippen molar-refractivity contribution >= 4 is 0 Å². The molecule has 3 aromatic rings. The molecule has 5 nitrogen and oxygen atoms in total. The van der Waals surface area contributed by atoms with E-state index in [4.69, 9.17) is 10.5 Å². The van der Waals surface area contributed by atoms with Crippen molar-refractivity contribution in [1.82, 2.24) is 14.5 Å². The zero-order chi connectivity index (χ0) is 19.3. The first-order valence-corrected chi connectivity index (χ1v) is 9.96. The lowest BCUT2D eigenvalue weighted by Crippen LogP contribution is -2.35. The first-order chi connectivity index (χ1) is 13.7. The Hall–Kier alpha value is -2.63. The topological polar surface area (TPSA) is 56.3 Å². The molecule has 4 rings (SSSR count). The van der Waals surface area contributed by atoms with Gasteiger partial charge in [0.1, 0.15) is 17.7 Å². The third-order valence-electron chi connectivity index (χ3n) is 5.41. The monoisotopic (exact) mass is 376 g/mol. The van der Waals surface area contributed by atoms with Gasteiger partial charge in [0.2, 0.25) is 0 Å². The molecule has 2 N–H and O–H groups in total. The summed E-state index contributed by atoms with van der Waals surface area (Å²) in [5, 5.41) is 0. The van der Waals surface area contributed by atoms with E-state index in [1.165, 1.54) is 5.56 Å². The van der Waals surface area contributed by atoms with Crippen LogP contribution >= 0.6 is 0 Å². The van der Waals surface area contributed by atoms with Crippen LogP contribution in [0.1, 0.15) is 24.0 Å². The van der Waals surface area contributed by atoms with Gasteiger partial charge in [-0.3, -0.25) is 0 Å². The summed E-state index contributed by atoms with van der Waals surface area (Å²) in [6.07, 6.45) is 6.37. The van der Waals surface area contributed by atoms with E-state index in [1.807, 2.05) is 12.4 Å². The predicted octanol–water partition coefficient (Wildman–Crippen LogP) is 3.53. The second-order valence-corrected chi connectivity index (χ2v) is 7.54. The van der Waals surface area contributed by atoms with Crippen molar-refractivity contribution in [2.24, 2.45) is 5.73 Å². The van der Waals surface area contributed by atoms with E-state index in [1.54, 1.807) is 0 Å². The average molecular weight is 377 g/mol. The lowest BCUT2D eigenvalue weighted by molar-refractivity contribution is 0.114. The van der Waals surface area contributed by atoms with Crippen LogP contribution in [0.4, 0.5) is 0 Å². The highest BCUT2D eigenvalue weighted by Crippen LogP contribution is 2.24. The summed E-state index contributed by atoms with van der Waals surface area (Å²) in [6, 6.07) is 16.7. The molecule has 2 aromatic carbocycles. The van der Waals surface area contributed by atoms with Crippen LogP contribution in [0.2, 0.25) is 0 Å². The molecule has 0 unspecified atom stereocenters. The average Bonchev–Trinajstić information content (AvgIpc) is 3.19.